The van der Waals surface area contributed by atoms with Gasteiger partial charge in [0, 0.05) is 23.5 Å². The van der Waals surface area contributed by atoms with E-state index in [1.807, 2.05) is 38.1 Å². The van der Waals surface area contributed by atoms with E-state index in [2.05, 4.69) is 26.3 Å². The number of rotatable bonds is 14. The molecular formula is C29H42N6O8. The van der Waals surface area contributed by atoms with Crippen LogP contribution in [-0.4, -0.2) is 75.6 Å². The summed E-state index contributed by atoms with van der Waals surface area (Å²) < 4.78 is 5.36. The van der Waals surface area contributed by atoms with Crippen molar-refractivity contribution in [2.45, 2.75) is 90.6 Å². The summed E-state index contributed by atoms with van der Waals surface area (Å²) >= 11 is 0. The number of para-hydroxylation sites is 1. The number of amides is 5. The summed E-state index contributed by atoms with van der Waals surface area (Å²) in [6.07, 6.45) is 0.291. The standard InChI is InChI=1S/C29H42N6O8/c1-15(2)11-20(26(40)34-22(13-23(36)37)25(39)32-16(3)24(30)38)33-27(41)21(35-28(42)43-29(4,5)6)12-17-14-31-19-10-8-7-9-18(17)19/h7-10,14-16,20-22,31H,11-13H2,1-6H3,(H2,30,38)(H,32,39)(H,33,41)(H,34,40)(H,35,42)(H,36,37)/t16-,20-,21-,22-/m0/s1. The lowest BCUT2D eigenvalue weighted by Crippen LogP contribution is -2.58. The largest absolute Gasteiger partial charge is 0.481 e. The second kappa shape index (κ2) is 15.0. The summed E-state index contributed by atoms with van der Waals surface area (Å²) in [5.41, 5.74) is 5.91. The Morgan fingerprint density at radius 1 is 0.884 bits per heavy atom. The molecule has 0 unspecified atom stereocenters. The van der Waals surface area contributed by atoms with Crippen LogP contribution in [0.1, 0.15) is 59.9 Å². The van der Waals surface area contributed by atoms with Gasteiger partial charge in [0.25, 0.3) is 0 Å². The topological polar surface area (TPSA) is 222 Å². The van der Waals surface area contributed by atoms with Gasteiger partial charge in [-0.1, -0.05) is 32.0 Å². The first-order valence-electron chi connectivity index (χ1n) is 13.9. The molecule has 1 aromatic heterocycles. The first kappa shape index (κ1) is 34.6. The van der Waals surface area contributed by atoms with Crippen molar-refractivity contribution < 1.29 is 38.6 Å². The number of carbonyl (C=O) groups excluding carboxylic acids is 5. The SMILES string of the molecule is CC(C)C[C@H](NC(=O)[C@H](Cc1c[nH]c2ccccc12)NC(=O)OC(C)(C)C)C(=O)N[C@@H](CC(=O)O)C(=O)N[C@@H](C)C(N)=O. The number of carbonyl (C=O) groups is 6. The lowest BCUT2D eigenvalue weighted by atomic mass is 10.0. The van der Waals surface area contributed by atoms with E-state index in [9.17, 15) is 33.9 Å². The molecule has 0 aliphatic rings. The predicted molar refractivity (Wildman–Crippen MR) is 158 cm³/mol. The summed E-state index contributed by atoms with van der Waals surface area (Å²) in [6.45, 7) is 9.97. The second-order valence-electron chi connectivity index (χ2n) is 11.7. The molecular weight excluding hydrogens is 560 g/mol. The predicted octanol–water partition coefficient (Wildman–Crippen LogP) is 1.08. The van der Waals surface area contributed by atoms with Gasteiger partial charge in [0.1, 0.15) is 29.8 Å². The van der Waals surface area contributed by atoms with Gasteiger partial charge in [-0.2, -0.15) is 0 Å². The van der Waals surface area contributed by atoms with Crippen molar-refractivity contribution in [1.29, 1.82) is 0 Å². The average Bonchev–Trinajstić information content (AvgIpc) is 3.28. The molecule has 5 amide bonds. The Kier molecular flexibility index (Phi) is 12.1. The highest BCUT2D eigenvalue weighted by Gasteiger charge is 2.33. The molecule has 8 N–H and O–H groups in total. The molecule has 0 bridgehead atoms. The maximum absolute atomic E-state index is 13.6. The molecule has 0 saturated heterocycles. The summed E-state index contributed by atoms with van der Waals surface area (Å²) in [5.74, 6) is -4.78. The normalized spacial score (nSPS) is 14.2. The highest BCUT2D eigenvalue weighted by Crippen LogP contribution is 2.20. The van der Waals surface area contributed by atoms with E-state index in [-0.39, 0.29) is 18.8 Å². The third-order valence-corrected chi connectivity index (χ3v) is 6.24. The highest BCUT2D eigenvalue weighted by atomic mass is 16.6. The third kappa shape index (κ3) is 11.3. The van der Waals surface area contributed by atoms with Crippen LogP contribution in [0.15, 0.2) is 30.5 Å². The van der Waals surface area contributed by atoms with E-state index in [4.69, 9.17) is 10.5 Å². The number of benzene rings is 1. The van der Waals surface area contributed by atoms with Crippen LogP contribution in [0.4, 0.5) is 4.79 Å². The van der Waals surface area contributed by atoms with E-state index >= 15 is 0 Å². The minimum absolute atomic E-state index is 0.0557. The molecule has 0 aliphatic carbocycles. The number of ether oxygens (including phenoxy) is 1. The third-order valence-electron chi connectivity index (χ3n) is 6.24. The number of aromatic nitrogens is 1. The van der Waals surface area contributed by atoms with Crippen molar-refractivity contribution in [1.82, 2.24) is 26.3 Å². The van der Waals surface area contributed by atoms with Gasteiger partial charge < -0.3 is 41.8 Å². The smallest absolute Gasteiger partial charge is 0.408 e. The molecule has 0 spiro atoms. The molecule has 2 rings (SSSR count). The molecule has 43 heavy (non-hydrogen) atoms. The Hall–Kier alpha value is -4.62. The Morgan fingerprint density at radius 3 is 2.05 bits per heavy atom. The Morgan fingerprint density at radius 2 is 1.47 bits per heavy atom. The molecule has 0 fully saturated rings. The zero-order valence-electron chi connectivity index (χ0n) is 25.3. The molecule has 1 aromatic carbocycles. The van der Waals surface area contributed by atoms with Gasteiger partial charge >= 0.3 is 12.1 Å². The zero-order chi connectivity index (χ0) is 32.5. The second-order valence-corrected chi connectivity index (χ2v) is 11.7. The number of hydrogen-bond acceptors (Lipinski definition) is 7. The number of primary amides is 1. The Labute approximate surface area is 249 Å². The summed E-state index contributed by atoms with van der Waals surface area (Å²) in [5, 5.41) is 20.0. The fourth-order valence-corrected chi connectivity index (χ4v) is 4.20. The molecule has 14 heteroatoms. The molecule has 0 aliphatic heterocycles. The summed E-state index contributed by atoms with van der Waals surface area (Å²) in [4.78, 5) is 78.3. The van der Waals surface area contributed by atoms with Crippen molar-refractivity contribution in [3.8, 4) is 0 Å². The van der Waals surface area contributed by atoms with Crippen molar-refractivity contribution in [3.63, 3.8) is 0 Å². The minimum atomic E-state index is -1.56. The number of aliphatic carboxylic acids is 1. The number of hydrogen-bond donors (Lipinski definition) is 7. The number of nitrogens with two attached hydrogens (primary N) is 1. The van der Waals surface area contributed by atoms with Crippen LogP contribution in [0, 0.1) is 5.92 Å². The van der Waals surface area contributed by atoms with Gasteiger partial charge in [-0.25, -0.2) is 4.79 Å². The Balaban J connectivity index is 2.32. The van der Waals surface area contributed by atoms with E-state index in [1.54, 1.807) is 27.0 Å². The van der Waals surface area contributed by atoms with E-state index in [0.717, 1.165) is 16.5 Å². The number of aromatic amines is 1. The van der Waals surface area contributed by atoms with Gasteiger partial charge in [0.2, 0.25) is 23.6 Å². The number of H-pyrrole nitrogens is 1. The van der Waals surface area contributed by atoms with Gasteiger partial charge in [0.15, 0.2) is 0 Å². The monoisotopic (exact) mass is 602 g/mol. The van der Waals surface area contributed by atoms with Crippen molar-refractivity contribution in [3.05, 3.63) is 36.0 Å². The van der Waals surface area contributed by atoms with Crippen molar-refractivity contribution >= 4 is 46.6 Å². The highest BCUT2D eigenvalue weighted by molar-refractivity contribution is 5.96. The summed E-state index contributed by atoms with van der Waals surface area (Å²) in [6, 6.07) is 2.40. The van der Waals surface area contributed by atoms with Crippen LogP contribution in [0.2, 0.25) is 0 Å². The minimum Gasteiger partial charge on any atom is -0.481 e. The van der Waals surface area contributed by atoms with Crippen molar-refractivity contribution in [2.75, 3.05) is 0 Å². The molecule has 0 radical (unpaired) electrons. The van der Waals surface area contributed by atoms with Crippen LogP contribution in [0.25, 0.3) is 10.9 Å². The fourth-order valence-electron chi connectivity index (χ4n) is 4.20. The van der Waals surface area contributed by atoms with Crippen LogP contribution in [-0.2, 0) is 35.1 Å². The number of alkyl carbamates (subject to hydrolysis) is 1. The average molecular weight is 603 g/mol. The lowest BCUT2D eigenvalue weighted by molar-refractivity contribution is -0.141. The molecule has 2 aromatic rings. The number of nitrogens with one attached hydrogen (secondary N) is 5. The molecule has 4 atom stereocenters. The number of carboxylic acids is 1. The van der Waals surface area contributed by atoms with E-state index in [1.165, 1.54) is 6.92 Å². The van der Waals surface area contributed by atoms with Crippen LogP contribution >= 0.6 is 0 Å². The first-order valence-corrected chi connectivity index (χ1v) is 13.9. The molecule has 236 valence electrons. The summed E-state index contributed by atoms with van der Waals surface area (Å²) in [7, 11) is 0. The van der Waals surface area contributed by atoms with Gasteiger partial charge in [0.05, 0.1) is 6.42 Å². The maximum atomic E-state index is 13.6. The van der Waals surface area contributed by atoms with Crippen LogP contribution in [0.5, 0.6) is 0 Å². The maximum Gasteiger partial charge on any atom is 0.408 e. The molecule has 0 saturated carbocycles. The van der Waals surface area contributed by atoms with Crippen molar-refractivity contribution in [2.24, 2.45) is 11.7 Å². The lowest BCUT2D eigenvalue weighted by Gasteiger charge is -2.27. The van der Waals surface area contributed by atoms with Crippen LogP contribution in [0.3, 0.4) is 0 Å². The number of fused-ring (bicyclic) bond motifs is 1. The quantitative estimate of drug-likeness (QED) is 0.165. The first-order chi connectivity index (χ1) is 20.0. The van der Waals surface area contributed by atoms with E-state index in [0.29, 0.717) is 0 Å². The van der Waals surface area contributed by atoms with Gasteiger partial charge in [-0.3, -0.25) is 24.0 Å². The molecule has 14 nitrogen and oxygen atoms in total. The van der Waals surface area contributed by atoms with Gasteiger partial charge in [-0.05, 0) is 51.7 Å². The fraction of sp³-hybridized carbons (Fsp3) is 0.517. The number of carboxylic acid groups (broad SMARTS) is 1. The molecule has 1 heterocycles. The van der Waals surface area contributed by atoms with Crippen LogP contribution < -0.4 is 27.0 Å². The zero-order valence-corrected chi connectivity index (χ0v) is 25.3. The Bertz CT molecular complexity index is 1330. The van der Waals surface area contributed by atoms with E-state index < -0.39 is 71.9 Å². The van der Waals surface area contributed by atoms with Gasteiger partial charge in [-0.15, -0.1) is 0 Å².